The van der Waals surface area contributed by atoms with E-state index in [9.17, 15) is 5.26 Å². The lowest BCUT2D eigenvalue weighted by Crippen LogP contribution is -2.06. The minimum absolute atomic E-state index is 0.439. The number of hydrogen-bond donors (Lipinski definition) is 0. The maximum atomic E-state index is 9.57. The van der Waals surface area contributed by atoms with E-state index in [1.54, 1.807) is 18.2 Å². The number of benzene rings is 5. The minimum Gasteiger partial charge on any atom is -0.455 e. The number of nitriles is 1. The highest BCUT2D eigenvalue weighted by molar-refractivity contribution is 6.10. The van der Waals surface area contributed by atoms with Crippen LogP contribution in [0.3, 0.4) is 0 Å². The molecule has 0 aliphatic rings. The third kappa shape index (κ3) is 3.55. The molecule has 3 heterocycles. The van der Waals surface area contributed by atoms with E-state index in [0.717, 1.165) is 32.6 Å². The molecule has 0 spiro atoms. The molecule has 7 nitrogen and oxygen atoms in total. The van der Waals surface area contributed by atoms with E-state index in [0.29, 0.717) is 51.1 Å². The lowest BCUT2D eigenvalue weighted by atomic mass is 10.1. The van der Waals surface area contributed by atoms with Crippen LogP contribution in [-0.2, 0) is 0 Å². The molecule has 0 radical (unpaired) electrons. The van der Waals surface area contributed by atoms with Gasteiger partial charge in [-0.1, -0.05) is 66.7 Å². The van der Waals surface area contributed by atoms with Crippen LogP contribution in [0.4, 0.5) is 5.69 Å². The van der Waals surface area contributed by atoms with Crippen LogP contribution in [0.25, 0.3) is 77.3 Å². The molecular formula is C35H18N6O. The third-order valence-electron chi connectivity index (χ3n) is 7.50. The quantitative estimate of drug-likeness (QED) is 0.210. The van der Waals surface area contributed by atoms with E-state index < -0.39 is 0 Å². The normalized spacial score (nSPS) is 11.3. The summed E-state index contributed by atoms with van der Waals surface area (Å²) in [6.45, 7) is 7.44. The molecule has 0 atom stereocenters. The van der Waals surface area contributed by atoms with Gasteiger partial charge in [0.25, 0.3) is 0 Å². The van der Waals surface area contributed by atoms with Gasteiger partial charge >= 0.3 is 0 Å². The zero-order chi connectivity index (χ0) is 28.2. The summed E-state index contributed by atoms with van der Waals surface area (Å²) in [5.41, 5.74) is 5.73. The van der Waals surface area contributed by atoms with E-state index in [1.165, 1.54) is 0 Å². The Morgan fingerprint density at radius 3 is 2.17 bits per heavy atom. The van der Waals surface area contributed by atoms with E-state index in [-0.39, 0.29) is 0 Å². The molecular weight excluding hydrogens is 520 g/mol. The minimum atomic E-state index is 0.439. The van der Waals surface area contributed by atoms with Gasteiger partial charge in [-0.05, 0) is 42.5 Å². The lowest BCUT2D eigenvalue weighted by Gasteiger charge is -2.11. The molecule has 194 valence electrons. The number of para-hydroxylation sites is 3. The predicted molar refractivity (Wildman–Crippen MR) is 163 cm³/mol. The van der Waals surface area contributed by atoms with Crippen LogP contribution in [0, 0.1) is 17.9 Å². The Morgan fingerprint density at radius 1 is 0.690 bits per heavy atom. The molecule has 8 aromatic rings. The smallest absolute Gasteiger partial charge is 0.238 e. The molecule has 0 aliphatic heterocycles. The second-order valence-corrected chi connectivity index (χ2v) is 9.92. The number of fused-ring (bicyclic) bond motifs is 6. The van der Waals surface area contributed by atoms with Crippen molar-refractivity contribution in [1.82, 2.24) is 19.5 Å². The largest absolute Gasteiger partial charge is 0.455 e. The Kier molecular flexibility index (Phi) is 5.12. The topological polar surface area (TPSA) is 84.9 Å². The van der Waals surface area contributed by atoms with Crippen molar-refractivity contribution in [1.29, 1.82) is 5.26 Å². The second kappa shape index (κ2) is 9.12. The standard InChI is InChI=1S/C35H18N6O/c1-37-23-16-17-31-28(19-23)26-12-7-13-27(32(26)42-31)34-38-33(22-9-6-8-21(18-22)20-36)39-35(40-34)41-29-14-4-2-10-24(29)25-11-3-5-15-30(25)41/h2-19H. The van der Waals surface area contributed by atoms with Crippen molar-refractivity contribution in [3.8, 4) is 34.8 Å². The van der Waals surface area contributed by atoms with Gasteiger partial charge in [0.1, 0.15) is 11.2 Å². The summed E-state index contributed by atoms with van der Waals surface area (Å²) in [5, 5.41) is 13.5. The van der Waals surface area contributed by atoms with Crippen molar-refractivity contribution in [3.05, 3.63) is 126 Å². The first-order valence-electron chi connectivity index (χ1n) is 13.3. The number of nitrogens with zero attached hydrogens (tertiary/aromatic N) is 6. The molecule has 0 N–H and O–H groups in total. The summed E-state index contributed by atoms with van der Waals surface area (Å²) in [6.07, 6.45) is 0. The molecule has 5 aromatic carbocycles. The van der Waals surface area contributed by atoms with Crippen molar-refractivity contribution in [3.63, 3.8) is 0 Å². The van der Waals surface area contributed by atoms with Crippen molar-refractivity contribution in [2.24, 2.45) is 0 Å². The van der Waals surface area contributed by atoms with E-state index >= 15 is 0 Å². The van der Waals surface area contributed by atoms with Gasteiger partial charge in [-0.2, -0.15) is 15.2 Å². The van der Waals surface area contributed by atoms with E-state index in [2.05, 4.69) is 35.2 Å². The molecule has 42 heavy (non-hydrogen) atoms. The van der Waals surface area contributed by atoms with E-state index in [1.807, 2.05) is 71.3 Å². The fraction of sp³-hybridized carbons (Fsp3) is 0. The average molecular weight is 539 g/mol. The number of furan rings is 1. The number of rotatable bonds is 3. The molecule has 0 saturated carbocycles. The Labute approximate surface area is 239 Å². The monoisotopic (exact) mass is 538 g/mol. The molecule has 0 unspecified atom stereocenters. The maximum absolute atomic E-state index is 9.57. The molecule has 0 aliphatic carbocycles. The molecule has 3 aromatic heterocycles. The van der Waals surface area contributed by atoms with Crippen LogP contribution >= 0.6 is 0 Å². The SMILES string of the molecule is [C-]#[N+]c1ccc2oc3c(-c4nc(-c5cccc(C#N)c5)nc(-n5c6ccccc6c6ccccc65)n4)cccc3c2c1. The molecule has 0 saturated heterocycles. The Bertz CT molecular complexity index is 2400. The first-order valence-corrected chi connectivity index (χ1v) is 13.3. The van der Waals surface area contributed by atoms with Crippen LogP contribution in [0.15, 0.2) is 114 Å². The zero-order valence-corrected chi connectivity index (χ0v) is 22.0. The van der Waals surface area contributed by atoms with Crippen LogP contribution in [0.1, 0.15) is 5.56 Å². The van der Waals surface area contributed by atoms with Gasteiger partial charge in [0, 0.05) is 27.1 Å². The average Bonchev–Trinajstić information content (AvgIpc) is 3.60. The van der Waals surface area contributed by atoms with Gasteiger partial charge in [-0.25, -0.2) is 9.83 Å². The van der Waals surface area contributed by atoms with Crippen molar-refractivity contribution < 1.29 is 4.42 Å². The number of hydrogen-bond acceptors (Lipinski definition) is 5. The highest BCUT2D eigenvalue weighted by atomic mass is 16.3. The van der Waals surface area contributed by atoms with Crippen LogP contribution < -0.4 is 0 Å². The van der Waals surface area contributed by atoms with Crippen LogP contribution in [0.5, 0.6) is 0 Å². The zero-order valence-electron chi connectivity index (χ0n) is 22.0. The second-order valence-electron chi connectivity index (χ2n) is 9.92. The fourth-order valence-corrected chi connectivity index (χ4v) is 5.61. The first kappa shape index (κ1) is 23.6. The van der Waals surface area contributed by atoms with Gasteiger partial charge in [0.05, 0.1) is 34.8 Å². The lowest BCUT2D eigenvalue weighted by molar-refractivity contribution is 0.669. The molecule has 0 bridgehead atoms. The summed E-state index contributed by atoms with van der Waals surface area (Å²) >= 11 is 0. The van der Waals surface area contributed by atoms with Gasteiger partial charge in [0.15, 0.2) is 17.3 Å². The number of aromatic nitrogens is 4. The van der Waals surface area contributed by atoms with Crippen LogP contribution in [0.2, 0.25) is 0 Å². The van der Waals surface area contributed by atoms with Gasteiger partial charge in [0.2, 0.25) is 5.95 Å². The van der Waals surface area contributed by atoms with Crippen molar-refractivity contribution in [2.45, 2.75) is 0 Å². The van der Waals surface area contributed by atoms with Crippen molar-refractivity contribution >= 4 is 49.4 Å². The van der Waals surface area contributed by atoms with Crippen molar-refractivity contribution in [2.75, 3.05) is 0 Å². The predicted octanol–water partition coefficient (Wildman–Crippen LogP) is 8.62. The summed E-state index contributed by atoms with van der Waals surface area (Å²) in [7, 11) is 0. The highest BCUT2D eigenvalue weighted by Crippen LogP contribution is 2.37. The third-order valence-corrected chi connectivity index (χ3v) is 7.50. The summed E-state index contributed by atoms with van der Waals surface area (Å²) in [6, 6.07) is 37.1. The van der Waals surface area contributed by atoms with E-state index in [4.69, 9.17) is 25.9 Å². The summed E-state index contributed by atoms with van der Waals surface area (Å²) in [5.74, 6) is 1.34. The van der Waals surface area contributed by atoms with Gasteiger partial charge < -0.3 is 4.42 Å². The van der Waals surface area contributed by atoms with Gasteiger partial charge in [-0.3, -0.25) is 4.57 Å². The Morgan fingerprint density at radius 2 is 1.40 bits per heavy atom. The first-order chi connectivity index (χ1) is 20.7. The molecule has 8 rings (SSSR count). The van der Waals surface area contributed by atoms with Crippen LogP contribution in [-0.4, -0.2) is 19.5 Å². The Balaban J connectivity index is 1.45. The van der Waals surface area contributed by atoms with Gasteiger partial charge in [-0.15, -0.1) is 0 Å². The molecule has 7 heteroatoms. The summed E-state index contributed by atoms with van der Waals surface area (Å²) in [4.78, 5) is 18.5. The highest BCUT2D eigenvalue weighted by Gasteiger charge is 2.20. The maximum Gasteiger partial charge on any atom is 0.238 e. The molecule has 0 fully saturated rings. The summed E-state index contributed by atoms with van der Waals surface area (Å²) < 4.78 is 8.39. The molecule has 0 amide bonds. The Hall–Kier alpha value is -6.31. The fourth-order valence-electron chi connectivity index (χ4n) is 5.61.